The first-order valence-electron chi connectivity index (χ1n) is 9.27. The van der Waals surface area contributed by atoms with Gasteiger partial charge in [0.05, 0.1) is 13.0 Å². The monoisotopic (exact) mass is 383 g/mol. The van der Waals surface area contributed by atoms with Gasteiger partial charge in [-0.1, -0.05) is 11.2 Å². The molecule has 1 aliphatic heterocycles. The zero-order valence-electron chi connectivity index (χ0n) is 16.4. The molecular weight excluding hydrogens is 358 g/mol. The molecule has 1 aliphatic rings. The summed E-state index contributed by atoms with van der Waals surface area (Å²) < 4.78 is 10.6. The fourth-order valence-corrected chi connectivity index (χ4v) is 3.48. The molecule has 0 radical (unpaired) electrons. The number of oxime groups is 1. The summed E-state index contributed by atoms with van der Waals surface area (Å²) in [7, 11) is 1.41. The maximum Gasteiger partial charge on any atom is 0.308 e. The Bertz CT molecular complexity index is 836. The third-order valence-electron chi connectivity index (χ3n) is 4.84. The van der Waals surface area contributed by atoms with Crippen molar-refractivity contribution in [1.82, 2.24) is 9.88 Å². The van der Waals surface area contributed by atoms with Gasteiger partial charge < -0.3 is 19.6 Å². The number of carbonyl (C=O) groups is 1. The van der Waals surface area contributed by atoms with E-state index >= 15 is 0 Å². The number of piperidine rings is 1. The van der Waals surface area contributed by atoms with Crippen molar-refractivity contribution in [2.75, 3.05) is 20.2 Å². The number of nitrogens with zero attached hydrogens (tertiary/aromatic N) is 3. The minimum atomic E-state index is -0.184. The Morgan fingerprint density at radius 3 is 2.39 bits per heavy atom. The molecule has 1 aromatic carbocycles. The highest BCUT2D eigenvalue weighted by molar-refractivity contribution is 5.98. The number of pyridine rings is 1. The van der Waals surface area contributed by atoms with Crippen LogP contribution in [-0.4, -0.2) is 47.1 Å². The van der Waals surface area contributed by atoms with Crippen molar-refractivity contribution in [1.29, 1.82) is 0 Å². The smallest absolute Gasteiger partial charge is 0.308 e. The van der Waals surface area contributed by atoms with Crippen LogP contribution >= 0.6 is 0 Å². The molecule has 7 nitrogen and oxygen atoms in total. The molecule has 1 saturated heterocycles. The third-order valence-corrected chi connectivity index (χ3v) is 4.84. The summed E-state index contributed by atoms with van der Waals surface area (Å²) in [5, 5.41) is 13.0. The molecule has 1 N–H and O–H groups in total. The fraction of sp³-hybridized carbons (Fsp3) is 0.381. The Hall–Kier alpha value is -3.09. The molecule has 1 aromatic heterocycles. The normalized spacial score (nSPS) is 15.4. The predicted octanol–water partition coefficient (Wildman–Crippen LogP) is 3.51. The van der Waals surface area contributed by atoms with Crippen molar-refractivity contribution in [3.63, 3.8) is 0 Å². The molecule has 7 heteroatoms. The average Bonchev–Trinajstić information content (AvgIpc) is 2.69. The van der Waals surface area contributed by atoms with E-state index in [1.54, 1.807) is 12.3 Å². The predicted molar refractivity (Wildman–Crippen MR) is 105 cm³/mol. The molecule has 0 bridgehead atoms. The first-order valence-corrected chi connectivity index (χ1v) is 9.27. The largest absolute Gasteiger partial charge is 0.469 e. The molecule has 3 rings (SSSR count). The number of rotatable bonds is 4. The molecule has 0 aliphatic carbocycles. The number of likely N-dealkylation sites (tertiary alicyclic amines) is 1. The van der Waals surface area contributed by atoms with Crippen molar-refractivity contribution in [3.05, 3.63) is 53.2 Å². The lowest BCUT2D eigenvalue weighted by Crippen LogP contribution is -2.41. The van der Waals surface area contributed by atoms with E-state index < -0.39 is 0 Å². The fourth-order valence-electron chi connectivity index (χ4n) is 3.48. The molecule has 0 atom stereocenters. The summed E-state index contributed by atoms with van der Waals surface area (Å²) >= 11 is 0. The summed E-state index contributed by atoms with van der Waals surface area (Å²) in [5.74, 6) is 1.35. The minimum Gasteiger partial charge on any atom is -0.469 e. The van der Waals surface area contributed by atoms with E-state index in [0.29, 0.717) is 43.2 Å². The Kier molecular flexibility index (Phi) is 6.13. The lowest BCUT2D eigenvalue weighted by molar-refractivity contribution is -0.146. The molecule has 0 amide bonds. The molecule has 148 valence electrons. The standard InChI is InChI=1S/C21H25N3O4/c1-14-10-15(2)12-18(11-14)28-19-5-4-17(13-22-19)20(23-26)24-8-6-16(7-9-24)21(25)27-3/h4-5,10-13,16,26H,6-9H2,1-3H3/b23-20-. The van der Waals surface area contributed by atoms with Crippen molar-refractivity contribution in [2.45, 2.75) is 26.7 Å². The highest BCUT2D eigenvalue weighted by Crippen LogP contribution is 2.24. The number of hydrogen-bond donors (Lipinski definition) is 1. The van der Waals surface area contributed by atoms with Crippen LogP contribution < -0.4 is 4.74 Å². The van der Waals surface area contributed by atoms with Crippen LogP contribution in [-0.2, 0) is 9.53 Å². The zero-order valence-corrected chi connectivity index (χ0v) is 16.4. The zero-order chi connectivity index (χ0) is 20.1. The van der Waals surface area contributed by atoms with Gasteiger partial charge in [0.2, 0.25) is 5.88 Å². The molecule has 28 heavy (non-hydrogen) atoms. The van der Waals surface area contributed by atoms with Gasteiger partial charge in [-0.3, -0.25) is 4.79 Å². The van der Waals surface area contributed by atoms with Gasteiger partial charge in [-0.2, -0.15) is 0 Å². The SMILES string of the molecule is COC(=O)C1CCN(/C(=N\O)c2ccc(Oc3cc(C)cc(C)c3)nc2)CC1. The quantitative estimate of drug-likeness (QED) is 0.286. The van der Waals surface area contributed by atoms with E-state index in [1.165, 1.54) is 7.11 Å². The molecule has 2 heterocycles. The summed E-state index contributed by atoms with van der Waals surface area (Å²) in [6, 6.07) is 9.55. The van der Waals surface area contributed by atoms with Crippen LogP contribution in [0.3, 0.4) is 0 Å². The summed E-state index contributed by atoms with van der Waals surface area (Å²) in [5.41, 5.74) is 2.93. The Balaban J connectivity index is 1.67. The van der Waals surface area contributed by atoms with Gasteiger partial charge in [0.25, 0.3) is 0 Å². The van der Waals surface area contributed by atoms with E-state index in [9.17, 15) is 10.0 Å². The van der Waals surface area contributed by atoms with Gasteiger partial charge in [0, 0.05) is 30.9 Å². The van der Waals surface area contributed by atoms with Crippen molar-refractivity contribution in [2.24, 2.45) is 11.1 Å². The van der Waals surface area contributed by atoms with Crippen LogP contribution in [0.25, 0.3) is 0 Å². The molecule has 2 aromatic rings. The van der Waals surface area contributed by atoms with Gasteiger partial charge in [0.15, 0.2) is 5.84 Å². The number of carbonyl (C=O) groups excluding carboxylic acids is 1. The number of esters is 1. The minimum absolute atomic E-state index is 0.104. The lowest BCUT2D eigenvalue weighted by Gasteiger charge is -2.32. The van der Waals surface area contributed by atoms with E-state index in [-0.39, 0.29) is 11.9 Å². The number of amidine groups is 1. The molecule has 0 spiro atoms. The molecule has 0 saturated carbocycles. The average molecular weight is 383 g/mol. The van der Waals surface area contributed by atoms with E-state index in [1.807, 2.05) is 36.9 Å². The van der Waals surface area contributed by atoms with Crippen LogP contribution in [0.15, 0.2) is 41.7 Å². The number of methoxy groups -OCH3 is 1. The van der Waals surface area contributed by atoms with Crippen LogP contribution in [0.2, 0.25) is 0 Å². The van der Waals surface area contributed by atoms with E-state index in [0.717, 1.165) is 16.9 Å². The van der Waals surface area contributed by atoms with E-state index in [2.05, 4.69) is 16.2 Å². The highest BCUT2D eigenvalue weighted by atomic mass is 16.5. The molecule has 0 unspecified atom stereocenters. The maximum absolute atomic E-state index is 11.7. The van der Waals surface area contributed by atoms with E-state index in [4.69, 9.17) is 9.47 Å². The van der Waals surface area contributed by atoms with Crippen LogP contribution in [0.1, 0.15) is 29.5 Å². The number of benzene rings is 1. The first-order chi connectivity index (χ1) is 13.5. The second kappa shape index (κ2) is 8.73. The maximum atomic E-state index is 11.7. The summed E-state index contributed by atoms with van der Waals surface area (Å²) in [6.45, 7) is 5.26. The van der Waals surface area contributed by atoms with Crippen molar-refractivity contribution >= 4 is 11.8 Å². The second-order valence-electron chi connectivity index (χ2n) is 7.02. The second-order valence-corrected chi connectivity index (χ2v) is 7.02. The highest BCUT2D eigenvalue weighted by Gasteiger charge is 2.28. The molecule has 1 fully saturated rings. The number of aromatic nitrogens is 1. The van der Waals surface area contributed by atoms with Crippen LogP contribution in [0.5, 0.6) is 11.6 Å². The Morgan fingerprint density at radius 1 is 1.18 bits per heavy atom. The number of hydrogen-bond acceptors (Lipinski definition) is 6. The van der Waals surface area contributed by atoms with Crippen LogP contribution in [0.4, 0.5) is 0 Å². The Morgan fingerprint density at radius 2 is 1.86 bits per heavy atom. The van der Waals surface area contributed by atoms with Gasteiger partial charge in [0.1, 0.15) is 5.75 Å². The summed E-state index contributed by atoms with van der Waals surface area (Å²) in [6.07, 6.45) is 2.94. The lowest BCUT2D eigenvalue weighted by atomic mass is 9.96. The topological polar surface area (TPSA) is 84.2 Å². The van der Waals surface area contributed by atoms with Gasteiger partial charge in [-0.15, -0.1) is 0 Å². The van der Waals surface area contributed by atoms with Gasteiger partial charge in [-0.25, -0.2) is 4.98 Å². The van der Waals surface area contributed by atoms with Gasteiger partial charge in [-0.05, 0) is 56.0 Å². The van der Waals surface area contributed by atoms with Crippen LogP contribution in [0, 0.1) is 19.8 Å². The van der Waals surface area contributed by atoms with Crippen molar-refractivity contribution in [3.8, 4) is 11.6 Å². The van der Waals surface area contributed by atoms with Gasteiger partial charge >= 0.3 is 5.97 Å². The third kappa shape index (κ3) is 4.60. The number of aryl methyl sites for hydroxylation is 2. The number of ether oxygens (including phenoxy) is 2. The molecular formula is C21H25N3O4. The summed E-state index contributed by atoms with van der Waals surface area (Å²) in [4.78, 5) is 18.0. The Labute approximate surface area is 164 Å². The van der Waals surface area contributed by atoms with Crippen molar-refractivity contribution < 1.29 is 19.5 Å². The first kappa shape index (κ1) is 19.7.